The van der Waals surface area contributed by atoms with Crippen molar-refractivity contribution >= 4 is 0 Å². The molecule has 1 fully saturated rings. The number of hydrogen-bond acceptors (Lipinski definition) is 3. The van der Waals surface area contributed by atoms with Crippen LogP contribution in [0.4, 0.5) is 0 Å². The number of aliphatic hydroxyl groups is 1. The SMILES string of the molecule is CCC(C)C(O)C1(OC)CCOCC1. The summed E-state index contributed by atoms with van der Waals surface area (Å²) in [6.07, 6.45) is 2.21. The van der Waals surface area contributed by atoms with Gasteiger partial charge in [0.2, 0.25) is 0 Å². The van der Waals surface area contributed by atoms with Gasteiger partial charge in [0, 0.05) is 33.2 Å². The van der Waals surface area contributed by atoms with E-state index in [1.165, 1.54) is 0 Å². The molecule has 3 heteroatoms. The molecule has 0 radical (unpaired) electrons. The molecule has 1 N–H and O–H groups in total. The summed E-state index contributed by atoms with van der Waals surface area (Å²) in [7, 11) is 1.69. The highest BCUT2D eigenvalue weighted by atomic mass is 16.5. The highest BCUT2D eigenvalue weighted by molar-refractivity contribution is 4.92. The molecule has 0 aromatic carbocycles. The molecule has 0 saturated carbocycles. The molecule has 1 aliphatic rings. The van der Waals surface area contributed by atoms with Gasteiger partial charge in [0.05, 0.1) is 11.7 Å². The number of ether oxygens (including phenoxy) is 2. The van der Waals surface area contributed by atoms with Crippen molar-refractivity contribution in [3.05, 3.63) is 0 Å². The summed E-state index contributed by atoms with van der Waals surface area (Å²) < 4.78 is 10.8. The minimum atomic E-state index is -0.374. The smallest absolute Gasteiger partial charge is 0.0982 e. The molecule has 0 aromatic rings. The first kappa shape index (κ1) is 12.0. The molecule has 1 aliphatic heterocycles. The second kappa shape index (κ2) is 5.10. The fraction of sp³-hybridized carbons (Fsp3) is 1.00. The Morgan fingerprint density at radius 3 is 2.43 bits per heavy atom. The molecule has 0 aromatic heterocycles. The Hall–Kier alpha value is -0.120. The number of hydrogen-bond donors (Lipinski definition) is 1. The molecule has 84 valence electrons. The van der Waals surface area contributed by atoms with E-state index in [1.807, 2.05) is 0 Å². The van der Waals surface area contributed by atoms with Gasteiger partial charge >= 0.3 is 0 Å². The Kier molecular flexibility index (Phi) is 4.35. The van der Waals surface area contributed by atoms with Crippen LogP contribution < -0.4 is 0 Å². The van der Waals surface area contributed by atoms with E-state index in [2.05, 4.69) is 13.8 Å². The minimum absolute atomic E-state index is 0.285. The Morgan fingerprint density at radius 2 is 2.00 bits per heavy atom. The van der Waals surface area contributed by atoms with E-state index in [-0.39, 0.29) is 17.6 Å². The Morgan fingerprint density at radius 1 is 1.43 bits per heavy atom. The summed E-state index contributed by atoms with van der Waals surface area (Å²) in [4.78, 5) is 0. The van der Waals surface area contributed by atoms with Crippen molar-refractivity contribution in [1.82, 2.24) is 0 Å². The van der Waals surface area contributed by atoms with Crippen molar-refractivity contribution in [3.63, 3.8) is 0 Å². The van der Waals surface area contributed by atoms with Gasteiger partial charge in [-0.25, -0.2) is 0 Å². The Labute approximate surface area is 86.4 Å². The quantitative estimate of drug-likeness (QED) is 0.752. The van der Waals surface area contributed by atoms with Crippen LogP contribution in [0, 0.1) is 5.92 Å². The molecule has 1 saturated heterocycles. The van der Waals surface area contributed by atoms with Crippen molar-refractivity contribution in [2.75, 3.05) is 20.3 Å². The number of rotatable bonds is 4. The van der Waals surface area contributed by atoms with Gasteiger partial charge in [-0.2, -0.15) is 0 Å². The van der Waals surface area contributed by atoms with Crippen LogP contribution in [-0.2, 0) is 9.47 Å². The molecule has 1 rings (SSSR count). The van der Waals surface area contributed by atoms with Crippen LogP contribution in [-0.4, -0.2) is 37.1 Å². The molecule has 1 heterocycles. The average molecular weight is 202 g/mol. The van der Waals surface area contributed by atoms with E-state index >= 15 is 0 Å². The van der Waals surface area contributed by atoms with Gasteiger partial charge in [-0.1, -0.05) is 20.3 Å². The first-order valence-electron chi connectivity index (χ1n) is 5.47. The average Bonchev–Trinajstić information content (AvgIpc) is 2.28. The molecule has 0 bridgehead atoms. The first-order chi connectivity index (χ1) is 6.66. The van der Waals surface area contributed by atoms with Gasteiger partial charge < -0.3 is 14.6 Å². The zero-order valence-electron chi connectivity index (χ0n) is 9.45. The van der Waals surface area contributed by atoms with Crippen LogP contribution in [0.3, 0.4) is 0 Å². The lowest BCUT2D eigenvalue weighted by molar-refractivity contribution is -0.166. The third-order valence-corrected chi connectivity index (χ3v) is 3.47. The summed E-state index contributed by atoms with van der Waals surface area (Å²) in [5.41, 5.74) is -0.367. The molecule has 3 nitrogen and oxygen atoms in total. The van der Waals surface area contributed by atoms with Gasteiger partial charge in [0.1, 0.15) is 0 Å². The first-order valence-corrected chi connectivity index (χ1v) is 5.47. The van der Waals surface area contributed by atoms with Gasteiger partial charge in [0.25, 0.3) is 0 Å². The lowest BCUT2D eigenvalue weighted by Gasteiger charge is -2.41. The number of methoxy groups -OCH3 is 1. The highest BCUT2D eigenvalue weighted by Crippen LogP contribution is 2.32. The van der Waals surface area contributed by atoms with E-state index in [1.54, 1.807) is 7.11 Å². The summed E-state index contributed by atoms with van der Waals surface area (Å²) in [5.74, 6) is 0.285. The van der Waals surface area contributed by atoms with Crippen molar-refractivity contribution in [2.24, 2.45) is 5.92 Å². The van der Waals surface area contributed by atoms with Crippen molar-refractivity contribution in [1.29, 1.82) is 0 Å². The van der Waals surface area contributed by atoms with E-state index in [9.17, 15) is 5.11 Å². The number of aliphatic hydroxyl groups excluding tert-OH is 1. The van der Waals surface area contributed by atoms with Crippen molar-refractivity contribution in [3.8, 4) is 0 Å². The van der Waals surface area contributed by atoms with E-state index < -0.39 is 0 Å². The fourth-order valence-corrected chi connectivity index (χ4v) is 2.08. The minimum Gasteiger partial charge on any atom is -0.390 e. The summed E-state index contributed by atoms with van der Waals surface area (Å²) in [5, 5.41) is 10.2. The topological polar surface area (TPSA) is 38.7 Å². The summed E-state index contributed by atoms with van der Waals surface area (Å²) in [6, 6.07) is 0. The maximum Gasteiger partial charge on any atom is 0.0982 e. The third kappa shape index (κ3) is 2.27. The monoisotopic (exact) mass is 202 g/mol. The molecule has 0 amide bonds. The zero-order valence-corrected chi connectivity index (χ0v) is 9.45. The largest absolute Gasteiger partial charge is 0.390 e. The predicted molar refractivity (Wildman–Crippen MR) is 55.3 cm³/mol. The summed E-state index contributed by atoms with van der Waals surface area (Å²) in [6.45, 7) is 5.56. The fourth-order valence-electron chi connectivity index (χ4n) is 2.08. The van der Waals surface area contributed by atoms with Gasteiger partial charge in [0.15, 0.2) is 0 Å². The molecular weight excluding hydrogens is 180 g/mol. The van der Waals surface area contributed by atoms with Gasteiger partial charge in [-0.05, 0) is 5.92 Å². The molecule has 14 heavy (non-hydrogen) atoms. The molecule has 0 aliphatic carbocycles. The highest BCUT2D eigenvalue weighted by Gasteiger charge is 2.41. The van der Waals surface area contributed by atoms with E-state index in [0.29, 0.717) is 13.2 Å². The summed E-state index contributed by atoms with van der Waals surface area (Å²) >= 11 is 0. The standard InChI is InChI=1S/C11H22O3/c1-4-9(2)10(12)11(13-3)5-7-14-8-6-11/h9-10,12H,4-8H2,1-3H3. The molecule has 0 spiro atoms. The van der Waals surface area contributed by atoms with Crippen molar-refractivity contribution in [2.45, 2.75) is 44.8 Å². The normalized spacial score (nSPS) is 25.7. The van der Waals surface area contributed by atoms with E-state index in [4.69, 9.17) is 9.47 Å². The third-order valence-electron chi connectivity index (χ3n) is 3.47. The van der Waals surface area contributed by atoms with Crippen LogP contribution in [0.15, 0.2) is 0 Å². The molecule has 2 unspecified atom stereocenters. The van der Waals surface area contributed by atoms with Crippen LogP contribution >= 0.6 is 0 Å². The molecular formula is C11H22O3. The van der Waals surface area contributed by atoms with Gasteiger partial charge in [-0.15, -0.1) is 0 Å². The van der Waals surface area contributed by atoms with Gasteiger partial charge in [-0.3, -0.25) is 0 Å². The molecule has 2 atom stereocenters. The van der Waals surface area contributed by atoms with Crippen LogP contribution in [0.1, 0.15) is 33.1 Å². The second-order valence-corrected chi connectivity index (χ2v) is 4.21. The van der Waals surface area contributed by atoms with Crippen LogP contribution in [0.25, 0.3) is 0 Å². The lowest BCUT2D eigenvalue weighted by Crippen LogP contribution is -2.51. The second-order valence-electron chi connectivity index (χ2n) is 4.21. The maximum absolute atomic E-state index is 10.2. The lowest BCUT2D eigenvalue weighted by atomic mass is 9.81. The van der Waals surface area contributed by atoms with E-state index in [0.717, 1.165) is 19.3 Å². The van der Waals surface area contributed by atoms with Crippen LogP contribution in [0.2, 0.25) is 0 Å². The van der Waals surface area contributed by atoms with Crippen molar-refractivity contribution < 1.29 is 14.6 Å². The maximum atomic E-state index is 10.2. The predicted octanol–water partition coefficient (Wildman–Crippen LogP) is 1.59. The van der Waals surface area contributed by atoms with Crippen LogP contribution in [0.5, 0.6) is 0 Å². The Bertz CT molecular complexity index is 164. The Balaban J connectivity index is 2.66. The zero-order chi connectivity index (χ0) is 10.6.